The highest BCUT2D eigenvalue weighted by molar-refractivity contribution is 5.85. The number of nitrogens with one attached hydrogen (secondary N) is 1. The summed E-state index contributed by atoms with van der Waals surface area (Å²) < 4.78 is 0. The molecule has 2 N–H and O–H groups in total. The van der Waals surface area contributed by atoms with E-state index < -0.39 is 5.97 Å². The number of rotatable bonds is 8. The number of aliphatic carboxylic acids is 1. The first-order chi connectivity index (χ1) is 9.92. The van der Waals surface area contributed by atoms with E-state index in [9.17, 15) is 14.4 Å². The minimum Gasteiger partial charge on any atom is -0.481 e. The van der Waals surface area contributed by atoms with E-state index in [2.05, 4.69) is 5.32 Å². The van der Waals surface area contributed by atoms with Gasteiger partial charge in [-0.05, 0) is 25.3 Å². The highest BCUT2D eigenvalue weighted by atomic mass is 16.4. The Morgan fingerprint density at radius 2 is 2.10 bits per heavy atom. The molecular weight excluding hydrogens is 274 g/mol. The number of amides is 2. The van der Waals surface area contributed by atoms with Gasteiger partial charge in [0, 0.05) is 26.6 Å². The number of nitrogens with zero attached hydrogens (tertiary/aromatic N) is 2. The Balaban J connectivity index is 2.29. The largest absolute Gasteiger partial charge is 0.481 e. The van der Waals surface area contributed by atoms with Crippen LogP contribution in [0.4, 0.5) is 0 Å². The molecule has 1 atom stereocenters. The highest BCUT2D eigenvalue weighted by Gasteiger charge is 2.26. The summed E-state index contributed by atoms with van der Waals surface area (Å²) >= 11 is 0. The molecule has 7 nitrogen and oxygen atoms in total. The number of hydrogen-bond acceptors (Lipinski definition) is 4. The van der Waals surface area contributed by atoms with Crippen molar-refractivity contribution in [1.29, 1.82) is 0 Å². The third kappa shape index (κ3) is 6.57. The SMILES string of the molecule is CCCNC(=O)CN(C)C(=O)CN1CCC(CC(=O)O)C1. The average molecular weight is 299 g/mol. The fourth-order valence-electron chi connectivity index (χ4n) is 2.41. The second-order valence-electron chi connectivity index (χ2n) is 5.59. The Bertz CT molecular complexity index is 386. The summed E-state index contributed by atoms with van der Waals surface area (Å²) in [4.78, 5) is 37.6. The van der Waals surface area contributed by atoms with E-state index in [0.29, 0.717) is 13.1 Å². The molecule has 2 amide bonds. The first kappa shape index (κ1) is 17.4. The van der Waals surface area contributed by atoms with Gasteiger partial charge in [0.2, 0.25) is 11.8 Å². The first-order valence-electron chi connectivity index (χ1n) is 7.37. The minimum absolute atomic E-state index is 0.0607. The van der Waals surface area contributed by atoms with Crippen molar-refractivity contribution < 1.29 is 19.5 Å². The van der Waals surface area contributed by atoms with Crippen molar-refractivity contribution in [1.82, 2.24) is 15.1 Å². The van der Waals surface area contributed by atoms with Crippen molar-refractivity contribution >= 4 is 17.8 Å². The summed E-state index contributed by atoms with van der Waals surface area (Å²) in [6.45, 7) is 4.26. The third-order valence-electron chi connectivity index (χ3n) is 3.57. The molecule has 0 radical (unpaired) electrons. The molecule has 1 fully saturated rings. The quantitative estimate of drug-likeness (QED) is 0.646. The number of carbonyl (C=O) groups is 3. The number of likely N-dealkylation sites (tertiary alicyclic amines) is 1. The van der Waals surface area contributed by atoms with Gasteiger partial charge in [-0.25, -0.2) is 0 Å². The van der Waals surface area contributed by atoms with Crippen molar-refractivity contribution in [3.63, 3.8) is 0 Å². The van der Waals surface area contributed by atoms with Crippen LogP contribution in [0.1, 0.15) is 26.2 Å². The van der Waals surface area contributed by atoms with Crippen LogP contribution in [0.25, 0.3) is 0 Å². The van der Waals surface area contributed by atoms with Gasteiger partial charge in [0.05, 0.1) is 13.1 Å². The predicted octanol–water partition coefficient (Wildman–Crippen LogP) is -0.232. The van der Waals surface area contributed by atoms with Crippen molar-refractivity contribution in [3.05, 3.63) is 0 Å². The van der Waals surface area contributed by atoms with E-state index in [-0.39, 0.29) is 37.2 Å². The predicted molar refractivity (Wildman–Crippen MR) is 77.7 cm³/mol. The molecule has 0 aliphatic carbocycles. The molecule has 1 saturated heterocycles. The molecule has 0 aromatic carbocycles. The van der Waals surface area contributed by atoms with Crippen LogP contribution < -0.4 is 5.32 Å². The zero-order valence-corrected chi connectivity index (χ0v) is 12.8. The van der Waals surface area contributed by atoms with Gasteiger partial charge in [-0.3, -0.25) is 19.3 Å². The molecule has 0 bridgehead atoms. The Hall–Kier alpha value is -1.63. The van der Waals surface area contributed by atoms with E-state index >= 15 is 0 Å². The maximum atomic E-state index is 12.0. The van der Waals surface area contributed by atoms with Gasteiger partial charge in [0.1, 0.15) is 0 Å². The van der Waals surface area contributed by atoms with Crippen LogP contribution >= 0.6 is 0 Å². The molecule has 1 aliphatic heterocycles. The minimum atomic E-state index is -0.794. The average Bonchev–Trinajstić information content (AvgIpc) is 2.82. The molecule has 1 unspecified atom stereocenters. The standard InChI is InChI=1S/C14H25N3O4/c1-3-5-15-12(18)9-16(2)13(19)10-17-6-4-11(8-17)7-14(20)21/h11H,3-10H2,1-2H3,(H,15,18)(H,20,21). The van der Waals surface area contributed by atoms with Crippen molar-refractivity contribution in [2.45, 2.75) is 26.2 Å². The summed E-state index contributed by atoms with van der Waals surface area (Å²) in [5.74, 6) is -0.943. The Morgan fingerprint density at radius 3 is 2.71 bits per heavy atom. The molecule has 7 heteroatoms. The van der Waals surface area contributed by atoms with Crippen LogP contribution in [0.15, 0.2) is 0 Å². The molecule has 1 aliphatic rings. The normalized spacial score (nSPS) is 18.5. The van der Waals surface area contributed by atoms with Gasteiger partial charge in [-0.1, -0.05) is 6.92 Å². The number of carbonyl (C=O) groups excluding carboxylic acids is 2. The molecule has 0 spiro atoms. The van der Waals surface area contributed by atoms with E-state index in [0.717, 1.165) is 19.4 Å². The number of carboxylic acids is 1. The maximum Gasteiger partial charge on any atom is 0.303 e. The lowest BCUT2D eigenvalue weighted by Gasteiger charge is -2.21. The zero-order valence-electron chi connectivity index (χ0n) is 12.8. The van der Waals surface area contributed by atoms with Gasteiger partial charge >= 0.3 is 5.97 Å². The molecule has 0 aromatic rings. The van der Waals surface area contributed by atoms with Gasteiger partial charge in [-0.15, -0.1) is 0 Å². The Labute approximate surface area is 125 Å². The lowest BCUT2D eigenvalue weighted by molar-refractivity contribution is -0.138. The van der Waals surface area contributed by atoms with Crippen LogP contribution in [0.3, 0.4) is 0 Å². The number of hydrogen-bond donors (Lipinski definition) is 2. The van der Waals surface area contributed by atoms with E-state index in [1.807, 2.05) is 11.8 Å². The molecule has 0 saturated carbocycles. The van der Waals surface area contributed by atoms with E-state index in [1.54, 1.807) is 7.05 Å². The lowest BCUT2D eigenvalue weighted by Crippen LogP contribution is -2.42. The topological polar surface area (TPSA) is 90.0 Å². The Kier molecular flexibility index (Phi) is 7.14. The van der Waals surface area contributed by atoms with Crippen LogP contribution in [-0.4, -0.2) is 72.5 Å². The van der Waals surface area contributed by atoms with Crippen molar-refractivity contribution in [2.24, 2.45) is 5.92 Å². The monoisotopic (exact) mass is 299 g/mol. The molecule has 120 valence electrons. The fraction of sp³-hybridized carbons (Fsp3) is 0.786. The smallest absolute Gasteiger partial charge is 0.303 e. The van der Waals surface area contributed by atoms with Gasteiger partial charge in [-0.2, -0.15) is 0 Å². The summed E-state index contributed by atoms with van der Waals surface area (Å²) in [6, 6.07) is 0. The zero-order chi connectivity index (χ0) is 15.8. The van der Waals surface area contributed by atoms with Gasteiger partial charge < -0.3 is 15.3 Å². The molecule has 0 aromatic heterocycles. The van der Waals surface area contributed by atoms with Crippen LogP contribution in [0.2, 0.25) is 0 Å². The molecule has 1 heterocycles. The van der Waals surface area contributed by atoms with Crippen LogP contribution in [-0.2, 0) is 14.4 Å². The van der Waals surface area contributed by atoms with E-state index in [1.165, 1.54) is 4.90 Å². The lowest BCUT2D eigenvalue weighted by atomic mass is 10.1. The van der Waals surface area contributed by atoms with Crippen LogP contribution in [0.5, 0.6) is 0 Å². The number of carboxylic acid groups (broad SMARTS) is 1. The summed E-state index contributed by atoms with van der Waals surface area (Å²) in [5, 5.41) is 11.5. The Morgan fingerprint density at radius 1 is 1.38 bits per heavy atom. The fourth-order valence-corrected chi connectivity index (χ4v) is 2.41. The van der Waals surface area contributed by atoms with Crippen molar-refractivity contribution in [2.75, 3.05) is 39.8 Å². The number of likely N-dealkylation sites (N-methyl/N-ethyl adjacent to an activating group) is 1. The highest BCUT2D eigenvalue weighted by Crippen LogP contribution is 2.19. The van der Waals surface area contributed by atoms with Gasteiger partial charge in [0.25, 0.3) is 0 Å². The maximum absolute atomic E-state index is 12.0. The van der Waals surface area contributed by atoms with E-state index in [4.69, 9.17) is 5.11 Å². The molecule has 21 heavy (non-hydrogen) atoms. The molecular formula is C14H25N3O4. The van der Waals surface area contributed by atoms with Gasteiger partial charge in [0.15, 0.2) is 0 Å². The second kappa shape index (κ2) is 8.61. The van der Waals surface area contributed by atoms with Crippen molar-refractivity contribution in [3.8, 4) is 0 Å². The molecule has 1 rings (SSSR count). The summed E-state index contributed by atoms with van der Waals surface area (Å²) in [5.41, 5.74) is 0. The third-order valence-corrected chi connectivity index (χ3v) is 3.57. The van der Waals surface area contributed by atoms with Crippen LogP contribution in [0, 0.1) is 5.92 Å². The summed E-state index contributed by atoms with van der Waals surface area (Å²) in [6.07, 6.45) is 1.82. The second-order valence-corrected chi connectivity index (χ2v) is 5.59. The summed E-state index contributed by atoms with van der Waals surface area (Å²) in [7, 11) is 1.61. The first-order valence-corrected chi connectivity index (χ1v) is 7.37.